The summed E-state index contributed by atoms with van der Waals surface area (Å²) in [6.07, 6.45) is 0. The van der Waals surface area contributed by atoms with E-state index in [1.54, 1.807) is 13.8 Å². The second-order valence-electron chi connectivity index (χ2n) is 4.68. The van der Waals surface area contributed by atoms with Crippen molar-refractivity contribution in [3.8, 4) is 5.75 Å². The summed E-state index contributed by atoms with van der Waals surface area (Å²) in [6, 6.07) is 2.44. The van der Waals surface area contributed by atoms with Crippen LogP contribution in [0.5, 0.6) is 5.75 Å². The van der Waals surface area contributed by atoms with Crippen molar-refractivity contribution >= 4 is 17.6 Å². The molecule has 1 aromatic rings. The number of nitro benzene ring substituents is 1. The van der Waals surface area contributed by atoms with Crippen LogP contribution in [-0.4, -0.2) is 35.1 Å². The Morgan fingerprint density at radius 1 is 1.38 bits per heavy atom. The van der Waals surface area contributed by atoms with Crippen LogP contribution in [0.1, 0.15) is 24.2 Å². The first-order valence-corrected chi connectivity index (χ1v) is 6.14. The van der Waals surface area contributed by atoms with E-state index in [1.807, 2.05) is 0 Å². The van der Waals surface area contributed by atoms with Gasteiger partial charge in [0.15, 0.2) is 0 Å². The Balaban J connectivity index is 3.13. The summed E-state index contributed by atoms with van der Waals surface area (Å²) in [5, 5.41) is 22.1. The van der Waals surface area contributed by atoms with Crippen LogP contribution < -0.4 is 10.1 Å². The third-order valence-corrected chi connectivity index (χ3v) is 2.86. The number of nitrogens with zero attached hydrogens (tertiary/aromatic N) is 1. The molecule has 1 amide bonds. The number of methoxy groups -OCH3 is 1. The molecule has 0 saturated carbocycles. The van der Waals surface area contributed by atoms with Gasteiger partial charge in [0.25, 0.3) is 11.6 Å². The lowest BCUT2D eigenvalue weighted by Crippen LogP contribution is -2.44. The average molecular weight is 296 g/mol. The lowest BCUT2D eigenvalue weighted by molar-refractivity contribution is -0.384. The molecule has 0 saturated heterocycles. The molecular formula is C13H16N2O6. The number of ether oxygens (including phenoxy) is 1. The highest BCUT2D eigenvalue weighted by Crippen LogP contribution is 2.24. The Kier molecular flexibility index (Phi) is 5.23. The minimum absolute atomic E-state index is 0.0846. The number of nitro groups is 1. The molecule has 114 valence electrons. The van der Waals surface area contributed by atoms with Crippen LogP contribution in [-0.2, 0) is 4.79 Å². The number of benzene rings is 1. The van der Waals surface area contributed by atoms with E-state index in [-0.39, 0.29) is 22.9 Å². The molecule has 1 atom stereocenters. The molecule has 0 heterocycles. The Morgan fingerprint density at radius 2 is 2.00 bits per heavy atom. The van der Waals surface area contributed by atoms with Gasteiger partial charge in [-0.2, -0.15) is 0 Å². The Labute approximate surface area is 120 Å². The fourth-order valence-corrected chi connectivity index (χ4v) is 1.72. The molecule has 21 heavy (non-hydrogen) atoms. The summed E-state index contributed by atoms with van der Waals surface area (Å²) < 4.78 is 4.97. The van der Waals surface area contributed by atoms with Crippen molar-refractivity contribution in [2.75, 3.05) is 7.11 Å². The zero-order valence-electron chi connectivity index (χ0n) is 11.8. The average Bonchev–Trinajstić information content (AvgIpc) is 2.42. The zero-order chi connectivity index (χ0) is 16.2. The molecule has 0 spiro atoms. The first kappa shape index (κ1) is 16.4. The SMILES string of the molecule is COc1ccc([N+](=O)[O-])cc1C(=O)NC(C(=O)O)C(C)C. The van der Waals surface area contributed by atoms with Crippen LogP contribution in [0.25, 0.3) is 0 Å². The molecule has 0 aliphatic carbocycles. The number of carbonyl (C=O) groups is 2. The third-order valence-electron chi connectivity index (χ3n) is 2.86. The fourth-order valence-electron chi connectivity index (χ4n) is 1.72. The van der Waals surface area contributed by atoms with Crippen molar-refractivity contribution in [1.29, 1.82) is 0 Å². The van der Waals surface area contributed by atoms with Crippen molar-refractivity contribution in [2.24, 2.45) is 5.92 Å². The first-order valence-electron chi connectivity index (χ1n) is 6.14. The van der Waals surface area contributed by atoms with Crippen LogP contribution in [0, 0.1) is 16.0 Å². The van der Waals surface area contributed by atoms with Gasteiger partial charge in [0.05, 0.1) is 17.6 Å². The highest BCUT2D eigenvalue weighted by Gasteiger charge is 2.26. The van der Waals surface area contributed by atoms with Crippen molar-refractivity contribution in [3.63, 3.8) is 0 Å². The summed E-state index contributed by atoms with van der Waals surface area (Å²) in [5.41, 5.74) is -0.365. The second-order valence-corrected chi connectivity index (χ2v) is 4.68. The number of nitrogens with one attached hydrogen (secondary N) is 1. The molecule has 8 nitrogen and oxygen atoms in total. The molecule has 1 rings (SSSR count). The molecule has 0 radical (unpaired) electrons. The van der Waals surface area contributed by atoms with Gasteiger partial charge in [-0.05, 0) is 12.0 Å². The van der Waals surface area contributed by atoms with E-state index < -0.39 is 22.8 Å². The Morgan fingerprint density at radius 3 is 2.43 bits per heavy atom. The fraction of sp³-hybridized carbons (Fsp3) is 0.385. The molecule has 1 unspecified atom stereocenters. The monoisotopic (exact) mass is 296 g/mol. The summed E-state index contributed by atoms with van der Waals surface area (Å²) in [7, 11) is 1.31. The van der Waals surface area contributed by atoms with Gasteiger partial charge in [0, 0.05) is 12.1 Å². The van der Waals surface area contributed by atoms with Gasteiger partial charge in [0.2, 0.25) is 0 Å². The highest BCUT2D eigenvalue weighted by atomic mass is 16.6. The molecule has 0 aliphatic rings. The summed E-state index contributed by atoms with van der Waals surface area (Å²) >= 11 is 0. The van der Waals surface area contributed by atoms with Gasteiger partial charge in [0.1, 0.15) is 11.8 Å². The van der Waals surface area contributed by atoms with Gasteiger partial charge in [-0.3, -0.25) is 14.9 Å². The molecular weight excluding hydrogens is 280 g/mol. The second kappa shape index (κ2) is 6.69. The van der Waals surface area contributed by atoms with Crippen molar-refractivity contribution in [3.05, 3.63) is 33.9 Å². The molecule has 0 aliphatic heterocycles. The van der Waals surface area contributed by atoms with Gasteiger partial charge in [-0.25, -0.2) is 4.79 Å². The van der Waals surface area contributed by atoms with Crippen LogP contribution in [0.2, 0.25) is 0 Å². The largest absolute Gasteiger partial charge is 0.496 e. The smallest absolute Gasteiger partial charge is 0.326 e. The van der Waals surface area contributed by atoms with Gasteiger partial charge < -0.3 is 15.2 Å². The normalized spacial score (nSPS) is 11.8. The predicted octanol–water partition coefficient (Wildman–Crippen LogP) is 1.44. The van der Waals surface area contributed by atoms with Gasteiger partial charge >= 0.3 is 5.97 Å². The van der Waals surface area contributed by atoms with E-state index in [2.05, 4.69) is 5.32 Å². The predicted molar refractivity (Wildman–Crippen MR) is 73.4 cm³/mol. The van der Waals surface area contributed by atoms with Gasteiger partial charge in [-0.1, -0.05) is 13.8 Å². The number of non-ortho nitro benzene ring substituents is 1. The number of aliphatic carboxylic acids is 1. The summed E-state index contributed by atoms with van der Waals surface area (Å²) in [6.45, 7) is 3.29. The molecule has 0 fully saturated rings. The number of rotatable bonds is 6. The summed E-state index contributed by atoms with van der Waals surface area (Å²) in [5.74, 6) is -2.12. The van der Waals surface area contributed by atoms with Crippen LogP contribution in [0.4, 0.5) is 5.69 Å². The lowest BCUT2D eigenvalue weighted by atomic mass is 10.0. The third kappa shape index (κ3) is 3.91. The topological polar surface area (TPSA) is 119 Å². The Hall–Kier alpha value is -2.64. The number of amides is 1. The maximum Gasteiger partial charge on any atom is 0.326 e. The van der Waals surface area contributed by atoms with E-state index in [0.717, 1.165) is 6.07 Å². The van der Waals surface area contributed by atoms with E-state index in [0.29, 0.717) is 0 Å². The van der Waals surface area contributed by atoms with E-state index >= 15 is 0 Å². The van der Waals surface area contributed by atoms with E-state index in [9.17, 15) is 19.7 Å². The minimum atomic E-state index is -1.18. The van der Waals surface area contributed by atoms with Crippen LogP contribution in [0.3, 0.4) is 0 Å². The zero-order valence-corrected chi connectivity index (χ0v) is 11.8. The first-order chi connectivity index (χ1) is 9.77. The number of carboxylic acid groups (broad SMARTS) is 1. The van der Waals surface area contributed by atoms with Crippen molar-refractivity contribution in [1.82, 2.24) is 5.32 Å². The molecule has 0 bridgehead atoms. The van der Waals surface area contributed by atoms with Gasteiger partial charge in [-0.15, -0.1) is 0 Å². The summed E-state index contributed by atoms with van der Waals surface area (Å²) in [4.78, 5) is 33.3. The molecule has 1 aromatic carbocycles. The molecule has 2 N–H and O–H groups in total. The number of carboxylic acids is 1. The molecule has 8 heteroatoms. The minimum Gasteiger partial charge on any atom is -0.496 e. The van der Waals surface area contributed by atoms with E-state index in [1.165, 1.54) is 19.2 Å². The lowest BCUT2D eigenvalue weighted by Gasteiger charge is -2.18. The number of carbonyl (C=O) groups excluding carboxylic acids is 1. The maximum absolute atomic E-state index is 12.1. The van der Waals surface area contributed by atoms with Crippen LogP contribution >= 0.6 is 0 Å². The quantitative estimate of drug-likeness (QED) is 0.605. The van der Waals surface area contributed by atoms with Crippen molar-refractivity contribution < 1.29 is 24.4 Å². The standard InChI is InChI=1S/C13H16N2O6/c1-7(2)11(13(17)18)14-12(16)9-6-8(15(19)20)4-5-10(9)21-3/h4-7,11H,1-3H3,(H,14,16)(H,17,18). The van der Waals surface area contributed by atoms with Crippen LogP contribution in [0.15, 0.2) is 18.2 Å². The van der Waals surface area contributed by atoms with E-state index in [4.69, 9.17) is 9.84 Å². The van der Waals surface area contributed by atoms with Crippen molar-refractivity contribution in [2.45, 2.75) is 19.9 Å². The number of hydrogen-bond donors (Lipinski definition) is 2. The highest BCUT2D eigenvalue weighted by molar-refractivity contribution is 5.99. The Bertz CT molecular complexity index is 570. The number of hydrogen-bond acceptors (Lipinski definition) is 5. The molecule has 0 aromatic heterocycles. The maximum atomic E-state index is 12.1.